The van der Waals surface area contributed by atoms with Crippen LogP contribution >= 0.6 is 46.4 Å². The SMILES string of the molecule is O=S(=O)(Nc1ccc(Cl)cc1)c1cc(Cl)c(Cl)cc1Cl. The molecular weight excluding hydrogens is 364 g/mol. The summed E-state index contributed by atoms with van der Waals surface area (Å²) >= 11 is 23.2. The fraction of sp³-hybridized carbons (Fsp3) is 0. The smallest absolute Gasteiger partial charge is 0.263 e. The highest BCUT2D eigenvalue weighted by Crippen LogP contribution is 2.32. The lowest BCUT2D eigenvalue weighted by Crippen LogP contribution is -2.13. The van der Waals surface area contributed by atoms with E-state index >= 15 is 0 Å². The number of anilines is 1. The predicted molar refractivity (Wildman–Crippen MR) is 83.7 cm³/mol. The summed E-state index contributed by atoms with van der Waals surface area (Å²) in [6.45, 7) is 0. The Hall–Kier alpha value is -0.650. The second kappa shape index (κ2) is 6.00. The van der Waals surface area contributed by atoms with Crippen LogP contribution in [0.15, 0.2) is 41.3 Å². The van der Waals surface area contributed by atoms with Gasteiger partial charge in [0, 0.05) is 10.7 Å². The van der Waals surface area contributed by atoms with Crippen LogP contribution in [0.25, 0.3) is 0 Å². The summed E-state index contributed by atoms with van der Waals surface area (Å²) in [7, 11) is -3.86. The zero-order valence-electron chi connectivity index (χ0n) is 9.70. The van der Waals surface area contributed by atoms with Crippen molar-refractivity contribution in [1.29, 1.82) is 0 Å². The molecule has 8 heteroatoms. The molecule has 1 N–H and O–H groups in total. The zero-order valence-corrected chi connectivity index (χ0v) is 13.5. The van der Waals surface area contributed by atoms with E-state index in [0.717, 1.165) is 0 Å². The minimum Gasteiger partial charge on any atom is -0.280 e. The van der Waals surface area contributed by atoms with Crippen molar-refractivity contribution in [2.24, 2.45) is 0 Å². The van der Waals surface area contributed by atoms with Gasteiger partial charge in [0.1, 0.15) is 4.90 Å². The van der Waals surface area contributed by atoms with E-state index in [0.29, 0.717) is 10.7 Å². The van der Waals surface area contributed by atoms with E-state index in [1.165, 1.54) is 24.3 Å². The number of rotatable bonds is 3. The molecule has 0 aliphatic rings. The number of nitrogens with one attached hydrogen (secondary N) is 1. The molecule has 0 aliphatic carbocycles. The second-order valence-corrected chi connectivity index (χ2v) is 7.12. The summed E-state index contributed by atoms with van der Waals surface area (Å²) in [6, 6.07) is 8.68. The average molecular weight is 371 g/mol. The van der Waals surface area contributed by atoms with Crippen molar-refractivity contribution in [2.75, 3.05) is 4.72 Å². The second-order valence-electron chi connectivity index (χ2n) is 3.81. The molecule has 3 nitrogen and oxygen atoms in total. The molecule has 20 heavy (non-hydrogen) atoms. The molecule has 106 valence electrons. The maximum atomic E-state index is 12.2. The molecule has 0 atom stereocenters. The lowest BCUT2D eigenvalue weighted by atomic mass is 10.3. The van der Waals surface area contributed by atoms with Crippen LogP contribution in [-0.4, -0.2) is 8.42 Å². The molecule has 0 unspecified atom stereocenters. The molecule has 0 spiro atoms. The molecular formula is C12H7Cl4NO2S. The van der Waals surface area contributed by atoms with Crippen molar-refractivity contribution < 1.29 is 8.42 Å². The Bertz CT molecular complexity index is 745. The van der Waals surface area contributed by atoms with E-state index in [4.69, 9.17) is 46.4 Å². The van der Waals surface area contributed by atoms with Gasteiger partial charge in [0.05, 0.1) is 15.1 Å². The van der Waals surface area contributed by atoms with Crippen molar-refractivity contribution in [2.45, 2.75) is 4.90 Å². The van der Waals surface area contributed by atoms with Gasteiger partial charge in [0.15, 0.2) is 0 Å². The van der Waals surface area contributed by atoms with Gasteiger partial charge in [-0.2, -0.15) is 0 Å². The normalized spacial score (nSPS) is 11.4. The first-order valence-corrected chi connectivity index (χ1v) is 8.22. The van der Waals surface area contributed by atoms with Crippen molar-refractivity contribution in [3.63, 3.8) is 0 Å². The van der Waals surface area contributed by atoms with E-state index in [1.54, 1.807) is 12.1 Å². The highest BCUT2D eigenvalue weighted by molar-refractivity contribution is 7.92. The summed E-state index contributed by atoms with van der Waals surface area (Å²) in [5, 5.41) is 0.774. The van der Waals surface area contributed by atoms with E-state index in [9.17, 15) is 8.42 Å². The summed E-state index contributed by atoms with van der Waals surface area (Å²) < 4.78 is 26.9. The average Bonchev–Trinajstić information content (AvgIpc) is 2.36. The lowest BCUT2D eigenvalue weighted by Gasteiger charge is -2.10. The summed E-state index contributed by atoms with van der Waals surface area (Å²) in [4.78, 5) is -0.150. The first-order chi connectivity index (χ1) is 9.29. The van der Waals surface area contributed by atoms with Crippen LogP contribution < -0.4 is 4.72 Å². The largest absolute Gasteiger partial charge is 0.280 e. The van der Waals surface area contributed by atoms with Crippen LogP contribution in [0.5, 0.6) is 0 Å². The zero-order chi connectivity index (χ0) is 14.9. The van der Waals surface area contributed by atoms with Gasteiger partial charge < -0.3 is 0 Å². The molecule has 0 fully saturated rings. The first-order valence-electron chi connectivity index (χ1n) is 5.22. The monoisotopic (exact) mass is 369 g/mol. The van der Waals surface area contributed by atoms with Gasteiger partial charge >= 0.3 is 0 Å². The fourth-order valence-corrected chi connectivity index (χ4v) is 3.63. The van der Waals surface area contributed by atoms with E-state index in [2.05, 4.69) is 4.72 Å². The van der Waals surface area contributed by atoms with E-state index in [-0.39, 0.29) is 20.0 Å². The molecule has 0 saturated heterocycles. The topological polar surface area (TPSA) is 46.2 Å². The minimum absolute atomic E-state index is 0.0131. The van der Waals surface area contributed by atoms with Crippen LogP contribution in [0.1, 0.15) is 0 Å². The van der Waals surface area contributed by atoms with Crippen molar-refractivity contribution in [3.8, 4) is 0 Å². The predicted octanol–water partition coefficient (Wildman–Crippen LogP) is 5.10. The first kappa shape index (κ1) is 15.7. The van der Waals surface area contributed by atoms with Crippen LogP contribution in [0.2, 0.25) is 20.1 Å². The molecule has 0 aliphatic heterocycles. The van der Waals surface area contributed by atoms with Gasteiger partial charge in [-0.15, -0.1) is 0 Å². The van der Waals surface area contributed by atoms with Gasteiger partial charge in [-0.05, 0) is 36.4 Å². The Morgan fingerprint density at radius 1 is 0.800 bits per heavy atom. The summed E-state index contributed by atoms with van der Waals surface area (Å²) in [5.74, 6) is 0. The van der Waals surface area contributed by atoms with Gasteiger partial charge in [-0.3, -0.25) is 4.72 Å². The Morgan fingerprint density at radius 2 is 1.35 bits per heavy atom. The maximum absolute atomic E-state index is 12.2. The molecule has 0 saturated carbocycles. The van der Waals surface area contributed by atoms with E-state index in [1.807, 2.05) is 0 Å². The molecule has 0 bridgehead atoms. The Labute approximate surface area is 136 Å². The van der Waals surface area contributed by atoms with Crippen LogP contribution in [-0.2, 0) is 10.0 Å². The standard InChI is InChI=1S/C12H7Cl4NO2S/c13-7-1-3-8(4-2-7)17-20(18,19)12-6-10(15)9(14)5-11(12)16/h1-6,17H. The van der Waals surface area contributed by atoms with Crippen LogP contribution in [0.3, 0.4) is 0 Å². The number of hydrogen-bond acceptors (Lipinski definition) is 2. The minimum atomic E-state index is -3.86. The van der Waals surface area contributed by atoms with Crippen molar-refractivity contribution in [3.05, 3.63) is 56.5 Å². The third-order valence-corrected chi connectivity index (χ3v) is 5.18. The molecule has 0 heterocycles. The van der Waals surface area contributed by atoms with Gasteiger partial charge in [0.25, 0.3) is 10.0 Å². The van der Waals surface area contributed by atoms with Gasteiger partial charge in [-0.25, -0.2) is 8.42 Å². The summed E-state index contributed by atoms with van der Waals surface area (Å²) in [6.07, 6.45) is 0. The van der Waals surface area contributed by atoms with Crippen LogP contribution in [0, 0.1) is 0 Å². The Kier molecular flexibility index (Phi) is 4.72. The highest BCUT2D eigenvalue weighted by Gasteiger charge is 2.20. The number of sulfonamides is 1. The van der Waals surface area contributed by atoms with Gasteiger partial charge in [-0.1, -0.05) is 46.4 Å². The number of hydrogen-bond donors (Lipinski definition) is 1. The molecule has 0 radical (unpaired) electrons. The Morgan fingerprint density at radius 3 is 1.95 bits per heavy atom. The maximum Gasteiger partial charge on any atom is 0.263 e. The lowest BCUT2D eigenvalue weighted by molar-refractivity contribution is 0.601. The van der Waals surface area contributed by atoms with Crippen molar-refractivity contribution in [1.82, 2.24) is 0 Å². The molecule has 0 aromatic heterocycles. The Balaban J connectivity index is 2.40. The van der Waals surface area contributed by atoms with Crippen LogP contribution in [0.4, 0.5) is 5.69 Å². The fourth-order valence-electron chi connectivity index (χ4n) is 1.44. The third-order valence-electron chi connectivity index (χ3n) is 2.36. The molecule has 2 rings (SSSR count). The number of benzene rings is 2. The molecule has 2 aromatic carbocycles. The third kappa shape index (κ3) is 3.51. The van der Waals surface area contributed by atoms with Crippen molar-refractivity contribution >= 4 is 62.1 Å². The highest BCUT2D eigenvalue weighted by atomic mass is 35.5. The van der Waals surface area contributed by atoms with E-state index < -0.39 is 10.0 Å². The molecule has 2 aromatic rings. The van der Waals surface area contributed by atoms with Gasteiger partial charge in [0.2, 0.25) is 0 Å². The molecule has 0 amide bonds. The number of halogens is 4. The quantitative estimate of drug-likeness (QED) is 0.763. The summed E-state index contributed by atoms with van der Waals surface area (Å²) in [5.41, 5.74) is 0.358.